The summed E-state index contributed by atoms with van der Waals surface area (Å²) < 4.78 is 0. The summed E-state index contributed by atoms with van der Waals surface area (Å²) in [6, 6.07) is 8.53. The zero-order chi connectivity index (χ0) is 13.0. The van der Waals surface area contributed by atoms with Crippen molar-refractivity contribution < 1.29 is 0 Å². The Morgan fingerprint density at radius 1 is 1.39 bits per heavy atom. The molecule has 1 heterocycles. The maximum Gasteiger partial charge on any atom is 0.0408 e. The van der Waals surface area contributed by atoms with E-state index >= 15 is 0 Å². The number of hydrogen-bond donors (Lipinski definition) is 1. The SMILES string of the molecule is CCCN1CC(N)CC(Cc2cccc(Cl)c2)C1. The predicted molar refractivity (Wildman–Crippen MR) is 78.0 cm³/mol. The van der Waals surface area contributed by atoms with Gasteiger partial charge in [0, 0.05) is 24.2 Å². The molecule has 1 aliphatic heterocycles. The molecule has 0 saturated carbocycles. The molecule has 0 amide bonds. The highest BCUT2D eigenvalue weighted by Gasteiger charge is 2.24. The molecule has 2 nitrogen and oxygen atoms in total. The highest BCUT2D eigenvalue weighted by Crippen LogP contribution is 2.22. The van der Waals surface area contributed by atoms with E-state index in [0.29, 0.717) is 12.0 Å². The van der Waals surface area contributed by atoms with Gasteiger partial charge >= 0.3 is 0 Å². The van der Waals surface area contributed by atoms with Crippen LogP contribution in [0.3, 0.4) is 0 Å². The Morgan fingerprint density at radius 2 is 2.22 bits per heavy atom. The molecule has 1 aliphatic rings. The van der Waals surface area contributed by atoms with Crippen molar-refractivity contribution in [3.8, 4) is 0 Å². The van der Waals surface area contributed by atoms with E-state index < -0.39 is 0 Å². The molecule has 2 unspecified atom stereocenters. The second kappa shape index (κ2) is 6.55. The fourth-order valence-corrected chi connectivity index (χ4v) is 3.21. The standard InChI is InChI=1S/C15H23ClN2/c1-2-6-18-10-13(9-15(17)11-18)7-12-4-3-5-14(16)8-12/h3-5,8,13,15H,2,6-7,9-11,17H2,1H3. The van der Waals surface area contributed by atoms with Crippen molar-refractivity contribution in [1.82, 2.24) is 4.90 Å². The van der Waals surface area contributed by atoms with Crippen LogP contribution in [-0.2, 0) is 6.42 Å². The van der Waals surface area contributed by atoms with Gasteiger partial charge in [-0.25, -0.2) is 0 Å². The molecular formula is C15H23ClN2. The predicted octanol–water partition coefficient (Wildman–Crippen LogP) is 2.94. The molecule has 1 aromatic rings. The summed E-state index contributed by atoms with van der Waals surface area (Å²) >= 11 is 6.03. The third kappa shape index (κ3) is 3.98. The van der Waals surface area contributed by atoms with E-state index in [0.717, 1.165) is 24.4 Å². The Kier molecular flexibility index (Phi) is 5.04. The van der Waals surface area contributed by atoms with Crippen molar-refractivity contribution in [2.75, 3.05) is 19.6 Å². The summed E-state index contributed by atoms with van der Waals surface area (Å²) in [6.07, 6.45) is 3.43. The minimum Gasteiger partial charge on any atom is -0.327 e. The van der Waals surface area contributed by atoms with E-state index in [-0.39, 0.29) is 0 Å². The van der Waals surface area contributed by atoms with Gasteiger partial charge in [-0.1, -0.05) is 30.7 Å². The van der Waals surface area contributed by atoms with E-state index in [1.54, 1.807) is 0 Å². The molecule has 2 rings (SSSR count). The summed E-state index contributed by atoms with van der Waals surface area (Å²) in [7, 11) is 0. The zero-order valence-electron chi connectivity index (χ0n) is 11.1. The molecule has 2 N–H and O–H groups in total. The summed E-state index contributed by atoms with van der Waals surface area (Å²) in [5, 5.41) is 0.832. The van der Waals surface area contributed by atoms with Crippen molar-refractivity contribution in [2.24, 2.45) is 11.7 Å². The third-order valence-corrected chi connectivity index (χ3v) is 3.83. The van der Waals surface area contributed by atoms with Crippen LogP contribution >= 0.6 is 11.6 Å². The van der Waals surface area contributed by atoms with Gasteiger partial charge in [0.25, 0.3) is 0 Å². The molecule has 1 saturated heterocycles. The smallest absolute Gasteiger partial charge is 0.0408 e. The molecule has 3 heteroatoms. The molecule has 100 valence electrons. The largest absolute Gasteiger partial charge is 0.327 e. The number of likely N-dealkylation sites (tertiary alicyclic amines) is 1. The Labute approximate surface area is 115 Å². The summed E-state index contributed by atoms with van der Waals surface area (Å²) in [5.41, 5.74) is 7.49. The first-order chi connectivity index (χ1) is 8.67. The Balaban J connectivity index is 1.95. The van der Waals surface area contributed by atoms with Crippen molar-refractivity contribution in [3.63, 3.8) is 0 Å². The van der Waals surface area contributed by atoms with Crippen LogP contribution in [-0.4, -0.2) is 30.6 Å². The average molecular weight is 267 g/mol. The topological polar surface area (TPSA) is 29.3 Å². The van der Waals surface area contributed by atoms with Crippen LogP contribution in [0.5, 0.6) is 0 Å². The van der Waals surface area contributed by atoms with Crippen LogP contribution in [0.1, 0.15) is 25.3 Å². The lowest BCUT2D eigenvalue weighted by Crippen LogP contribution is -2.47. The van der Waals surface area contributed by atoms with E-state index in [4.69, 9.17) is 17.3 Å². The first-order valence-corrected chi connectivity index (χ1v) is 7.27. The number of nitrogens with two attached hydrogens (primary N) is 1. The second-order valence-electron chi connectivity index (χ2n) is 5.46. The normalized spacial score (nSPS) is 25.3. The van der Waals surface area contributed by atoms with Crippen LogP contribution in [0.2, 0.25) is 5.02 Å². The highest BCUT2D eigenvalue weighted by molar-refractivity contribution is 6.30. The number of hydrogen-bond acceptors (Lipinski definition) is 2. The van der Waals surface area contributed by atoms with Gasteiger partial charge in [0.2, 0.25) is 0 Å². The van der Waals surface area contributed by atoms with Crippen LogP contribution in [0.15, 0.2) is 24.3 Å². The van der Waals surface area contributed by atoms with Crippen molar-refractivity contribution in [3.05, 3.63) is 34.9 Å². The quantitative estimate of drug-likeness (QED) is 0.908. The van der Waals surface area contributed by atoms with E-state index in [1.165, 1.54) is 25.1 Å². The average Bonchev–Trinajstić information content (AvgIpc) is 2.28. The number of benzene rings is 1. The molecule has 0 aliphatic carbocycles. The highest BCUT2D eigenvalue weighted by atomic mass is 35.5. The Bertz CT molecular complexity index is 381. The van der Waals surface area contributed by atoms with Crippen molar-refractivity contribution in [2.45, 2.75) is 32.2 Å². The van der Waals surface area contributed by atoms with Crippen molar-refractivity contribution in [1.29, 1.82) is 0 Å². The third-order valence-electron chi connectivity index (χ3n) is 3.60. The molecule has 18 heavy (non-hydrogen) atoms. The molecule has 0 spiro atoms. The van der Waals surface area contributed by atoms with E-state index in [1.807, 2.05) is 12.1 Å². The van der Waals surface area contributed by atoms with Gasteiger partial charge in [-0.3, -0.25) is 0 Å². The second-order valence-corrected chi connectivity index (χ2v) is 5.89. The number of rotatable bonds is 4. The summed E-state index contributed by atoms with van der Waals surface area (Å²) in [5.74, 6) is 0.666. The number of halogens is 1. The van der Waals surface area contributed by atoms with Gasteiger partial charge < -0.3 is 10.6 Å². The minimum atomic E-state index is 0.328. The fraction of sp³-hybridized carbons (Fsp3) is 0.600. The van der Waals surface area contributed by atoms with Gasteiger partial charge in [0.05, 0.1) is 0 Å². The van der Waals surface area contributed by atoms with Gasteiger partial charge in [0.1, 0.15) is 0 Å². The Morgan fingerprint density at radius 3 is 2.94 bits per heavy atom. The van der Waals surface area contributed by atoms with Crippen LogP contribution < -0.4 is 5.73 Å². The molecule has 0 radical (unpaired) electrons. The first-order valence-electron chi connectivity index (χ1n) is 6.89. The van der Waals surface area contributed by atoms with E-state index in [2.05, 4.69) is 24.0 Å². The summed E-state index contributed by atoms with van der Waals surface area (Å²) in [6.45, 7) is 5.62. The first kappa shape index (κ1) is 13.9. The molecule has 0 bridgehead atoms. The van der Waals surface area contributed by atoms with Gasteiger partial charge in [0.15, 0.2) is 0 Å². The van der Waals surface area contributed by atoms with Crippen molar-refractivity contribution >= 4 is 11.6 Å². The van der Waals surface area contributed by atoms with Crippen LogP contribution in [0, 0.1) is 5.92 Å². The van der Waals surface area contributed by atoms with E-state index in [9.17, 15) is 0 Å². The van der Waals surface area contributed by atoms with Gasteiger partial charge in [-0.05, 0) is 49.4 Å². The lowest BCUT2D eigenvalue weighted by atomic mass is 9.89. The van der Waals surface area contributed by atoms with Gasteiger partial charge in [-0.15, -0.1) is 0 Å². The number of piperidine rings is 1. The molecule has 1 fully saturated rings. The van der Waals surface area contributed by atoms with Crippen LogP contribution in [0.25, 0.3) is 0 Å². The minimum absolute atomic E-state index is 0.328. The molecular weight excluding hydrogens is 244 g/mol. The lowest BCUT2D eigenvalue weighted by molar-refractivity contribution is 0.156. The zero-order valence-corrected chi connectivity index (χ0v) is 11.9. The van der Waals surface area contributed by atoms with Crippen LogP contribution in [0.4, 0.5) is 0 Å². The van der Waals surface area contributed by atoms with Gasteiger partial charge in [-0.2, -0.15) is 0 Å². The lowest BCUT2D eigenvalue weighted by Gasteiger charge is -2.36. The molecule has 1 aromatic carbocycles. The number of nitrogens with zero attached hydrogens (tertiary/aromatic N) is 1. The fourth-order valence-electron chi connectivity index (χ4n) is 2.99. The monoisotopic (exact) mass is 266 g/mol. The summed E-state index contributed by atoms with van der Waals surface area (Å²) in [4.78, 5) is 2.50. The maximum absolute atomic E-state index is 6.16. The maximum atomic E-state index is 6.16. The molecule has 0 aromatic heterocycles. The molecule has 2 atom stereocenters. The Hall–Kier alpha value is -0.570.